The summed E-state index contributed by atoms with van der Waals surface area (Å²) < 4.78 is 2.26. The lowest BCUT2D eigenvalue weighted by molar-refractivity contribution is 0.103. The van der Waals surface area contributed by atoms with Crippen molar-refractivity contribution in [2.75, 3.05) is 11.1 Å². The SMILES string of the molecule is Cc1ccc(NC(=O)c2sc(=S)n(-c3ccccc3)c2N)cc1. The van der Waals surface area contributed by atoms with Gasteiger partial charge in [-0.2, -0.15) is 0 Å². The number of nitrogens with zero attached hydrogens (tertiary/aromatic N) is 1. The molecule has 0 radical (unpaired) electrons. The van der Waals surface area contributed by atoms with Gasteiger partial charge in [-0.25, -0.2) is 0 Å². The molecule has 0 spiro atoms. The second-order valence-corrected chi connectivity index (χ2v) is 6.72. The Balaban J connectivity index is 1.93. The summed E-state index contributed by atoms with van der Waals surface area (Å²) in [5.41, 5.74) is 8.87. The zero-order valence-corrected chi connectivity index (χ0v) is 14.1. The molecule has 0 saturated carbocycles. The molecule has 0 saturated heterocycles. The van der Waals surface area contributed by atoms with E-state index in [1.54, 1.807) is 4.57 Å². The summed E-state index contributed by atoms with van der Waals surface area (Å²) in [4.78, 5) is 12.9. The Morgan fingerprint density at radius 1 is 1.13 bits per heavy atom. The number of hydrogen-bond acceptors (Lipinski definition) is 4. The largest absolute Gasteiger partial charge is 0.383 e. The van der Waals surface area contributed by atoms with Crippen molar-refractivity contribution in [1.82, 2.24) is 4.57 Å². The van der Waals surface area contributed by atoms with Crippen molar-refractivity contribution < 1.29 is 4.79 Å². The number of nitrogen functional groups attached to an aromatic ring is 1. The van der Waals surface area contributed by atoms with Gasteiger partial charge in [-0.15, -0.1) is 0 Å². The summed E-state index contributed by atoms with van der Waals surface area (Å²) in [7, 11) is 0. The molecule has 1 amide bonds. The highest BCUT2D eigenvalue weighted by Gasteiger charge is 2.18. The number of rotatable bonds is 3. The van der Waals surface area contributed by atoms with E-state index >= 15 is 0 Å². The molecular weight excluding hydrogens is 326 g/mol. The molecule has 1 aromatic heterocycles. The molecule has 23 heavy (non-hydrogen) atoms. The van der Waals surface area contributed by atoms with Crippen LogP contribution < -0.4 is 11.1 Å². The molecule has 0 aliphatic rings. The monoisotopic (exact) mass is 341 g/mol. The van der Waals surface area contributed by atoms with Crippen LogP contribution in [-0.4, -0.2) is 10.5 Å². The lowest BCUT2D eigenvalue weighted by atomic mass is 10.2. The van der Waals surface area contributed by atoms with Crippen molar-refractivity contribution in [2.24, 2.45) is 0 Å². The van der Waals surface area contributed by atoms with E-state index in [2.05, 4.69) is 5.32 Å². The lowest BCUT2D eigenvalue weighted by Crippen LogP contribution is -2.13. The van der Waals surface area contributed by atoms with Crippen molar-refractivity contribution in [3.8, 4) is 5.69 Å². The molecule has 4 nitrogen and oxygen atoms in total. The van der Waals surface area contributed by atoms with Crippen molar-refractivity contribution in [1.29, 1.82) is 0 Å². The molecule has 3 rings (SSSR count). The molecule has 0 unspecified atom stereocenters. The third-order valence-corrected chi connectivity index (χ3v) is 4.76. The minimum Gasteiger partial charge on any atom is -0.383 e. The van der Waals surface area contributed by atoms with Gasteiger partial charge in [0.2, 0.25) is 0 Å². The Labute approximate surface area is 143 Å². The number of nitrogens with one attached hydrogen (secondary N) is 1. The Morgan fingerprint density at radius 3 is 2.43 bits per heavy atom. The van der Waals surface area contributed by atoms with Crippen LogP contribution in [0.4, 0.5) is 11.5 Å². The molecular formula is C17H15N3OS2. The standard InChI is InChI=1S/C17H15N3OS2/c1-11-7-9-12(10-8-11)19-16(21)14-15(18)20(17(22)23-14)13-5-3-2-4-6-13/h2-10H,18H2,1H3,(H,19,21). The maximum Gasteiger partial charge on any atom is 0.269 e. The number of aryl methyl sites for hydroxylation is 1. The molecule has 0 bridgehead atoms. The summed E-state index contributed by atoms with van der Waals surface area (Å²) in [5.74, 6) is 0.105. The first-order chi connectivity index (χ1) is 11.1. The van der Waals surface area contributed by atoms with Crippen LogP contribution in [0.1, 0.15) is 15.2 Å². The normalized spacial score (nSPS) is 10.5. The minimum atomic E-state index is -0.253. The van der Waals surface area contributed by atoms with E-state index in [-0.39, 0.29) is 5.91 Å². The highest BCUT2D eigenvalue weighted by atomic mass is 32.1. The van der Waals surface area contributed by atoms with E-state index in [4.69, 9.17) is 18.0 Å². The number of amides is 1. The highest BCUT2D eigenvalue weighted by Crippen LogP contribution is 2.27. The van der Waals surface area contributed by atoms with Crippen molar-refractivity contribution >= 4 is 41.0 Å². The topological polar surface area (TPSA) is 60.0 Å². The number of nitrogens with two attached hydrogens (primary N) is 1. The van der Waals surface area contributed by atoms with Crippen molar-refractivity contribution in [3.05, 3.63) is 69.0 Å². The van der Waals surface area contributed by atoms with E-state index < -0.39 is 0 Å². The number of aromatic nitrogens is 1. The van der Waals surface area contributed by atoms with E-state index in [1.807, 2.05) is 61.5 Å². The van der Waals surface area contributed by atoms with Gasteiger partial charge in [0.1, 0.15) is 10.7 Å². The fourth-order valence-electron chi connectivity index (χ4n) is 2.19. The number of benzene rings is 2. The molecule has 0 atom stereocenters. The second kappa shape index (κ2) is 6.36. The Hall–Kier alpha value is -2.44. The number of carbonyl (C=O) groups is 1. The third kappa shape index (κ3) is 3.18. The fraction of sp³-hybridized carbons (Fsp3) is 0.0588. The van der Waals surface area contributed by atoms with Crippen LogP contribution >= 0.6 is 23.6 Å². The molecule has 0 aliphatic heterocycles. The van der Waals surface area contributed by atoms with Crippen LogP contribution in [-0.2, 0) is 0 Å². The van der Waals surface area contributed by atoms with Gasteiger partial charge >= 0.3 is 0 Å². The Bertz CT molecular complexity index is 896. The molecule has 3 aromatic rings. The van der Waals surface area contributed by atoms with Crippen LogP contribution in [0.2, 0.25) is 0 Å². The predicted molar refractivity (Wildman–Crippen MR) is 98.0 cm³/mol. The fourth-order valence-corrected chi connectivity index (χ4v) is 3.46. The van der Waals surface area contributed by atoms with Gasteiger partial charge in [-0.3, -0.25) is 9.36 Å². The first-order valence-electron chi connectivity index (χ1n) is 7.01. The average molecular weight is 341 g/mol. The minimum absolute atomic E-state index is 0.253. The molecule has 0 aliphatic carbocycles. The molecule has 0 fully saturated rings. The van der Waals surface area contributed by atoms with Gasteiger partial charge in [0.25, 0.3) is 5.91 Å². The smallest absolute Gasteiger partial charge is 0.269 e. The number of thiazole rings is 1. The summed E-state index contributed by atoms with van der Waals surface area (Å²) in [6, 6.07) is 17.1. The second-order valence-electron chi connectivity index (χ2n) is 5.07. The maximum absolute atomic E-state index is 12.5. The van der Waals surface area contributed by atoms with E-state index in [0.717, 1.165) is 16.9 Å². The summed E-state index contributed by atoms with van der Waals surface area (Å²) in [6.07, 6.45) is 0. The first-order valence-corrected chi connectivity index (χ1v) is 8.23. The van der Waals surface area contributed by atoms with Crippen molar-refractivity contribution in [3.63, 3.8) is 0 Å². The van der Waals surface area contributed by atoms with Gasteiger partial charge in [-0.05, 0) is 43.4 Å². The third-order valence-electron chi connectivity index (χ3n) is 3.38. The molecule has 116 valence electrons. The van der Waals surface area contributed by atoms with Crippen molar-refractivity contribution in [2.45, 2.75) is 6.92 Å². The van der Waals surface area contributed by atoms with Gasteiger partial charge < -0.3 is 11.1 Å². The summed E-state index contributed by atoms with van der Waals surface area (Å²) in [5, 5.41) is 2.85. The first kappa shape index (κ1) is 15.5. The lowest BCUT2D eigenvalue weighted by Gasteiger charge is -2.07. The highest BCUT2D eigenvalue weighted by molar-refractivity contribution is 7.73. The van der Waals surface area contributed by atoms with Crippen LogP contribution in [0.15, 0.2) is 54.6 Å². The van der Waals surface area contributed by atoms with Gasteiger partial charge in [0.15, 0.2) is 3.95 Å². The molecule has 2 aromatic carbocycles. The predicted octanol–water partition coefficient (Wildman–Crippen LogP) is 4.41. The maximum atomic E-state index is 12.5. The van der Waals surface area contributed by atoms with Crippen LogP contribution in [0.25, 0.3) is 5.69 Å². The Morgan fingerprint density at radius 2 is 1.78 bits per heavy atom. The van der Waals surface area contributed by atoms with Crippen LogP contribution in [0, 0.1) is 10.9 Å². The number of carbonyl (C=O) groups excluding carboxylic acids is 1. The number of para-hydroxylation sites is 1. The molecule has 6 heteroatoms. The molecule has 3 N–H and O–H groups in total. The molecule has 1 heterocycles. The number of anilines is 2. The van der Waals surface area contributed by atoms with Gasteiger partial charge in [0.05, 0.1) is 0 Å². The number of hydrogen-bond donors (Lipinski definition) is 2. The average Bonchev–Trinajstić information content (AvgIpc) is 2.85. The van der Waals surface area contributed by atoms with E-state index in [9.17, 15) is 4.79 Å². The van der Waals surface area contributed by atoms with E-state index in [0.29, 0.717) is 14.6 Å². The zero-order chi connectivity index (χ0) is 16.4. The van der Waals surface area contributed by atoms with Crippen LogP contribution in [0.5, 0.6) is 0 Å². The van der Waals surface area contributed by atoms with Gasteiger partial charge in [0, 0.05) is 11.4 Å². The Kier molecular flexibility index (Phi) is 4.27. The zero-order valence-electron chi connectivity index (χ0n) is 12.4. The van der Waals surface area contributed by atoms with E-state index in [1.165, 1.54) is 11.3 Å². The van der Waals surface area contributed by atoms with Crippen LogP contribution in [0.3, 0.4) is 0 Å². The summed E-state index contributed by atoms with van der Waals surface area (Å²) >= 11 is 6.57. The quantitative estimate of drug-likeness (QED) is 0.694. The summed E-state index contributed by atoms with van der Waals surface area (Å²) in [6.45, 7) is 2.00. The van der Waals surface area contributed by atoms with Gasteiger partial charge in [-0.1, -0.05) is 47.2 Å².